The highest BCUT2D eigenvalue weighted by atomic mass is 16.2. The minimum absolute atomic E-state index is 0.190. The van der Waals surface area contributed by atoms with Crippen molar-refractivity contribution >= 4 is 11.7 Å². The number of rotatable bonds is 2. The zero-order valence-electron chi connectivity index (χ0n) is 8.05. The predicted molar refractivity (Wildman–Crippen MR) is 50.2 cm³/mol. The van der Waals surface area contributed by atoms with Gasteiger partial charge in [0, 0.05) is 25.9 Å². The Morgan fingerprint density at radius 2 is 2.50 bits per heavy atom. The average Bonchev–Trinajstić information content (AvgIpc) is 2.62. The fourth-order valence-corrected chi connectivity index (χ4v) is 1.71. The second kappa shape index (κ2) is 3.28. The maximum Gasteiger partial charge on any atom is 0.222 e. The van der Waals surface area contributed by atoms with Crippen LogP contribution in [0.15, 0.2) is 6.20 Å². The average molecular weight is 195 g/mol. The fourth-order valence-electron chi connectivity index (χ4n) is 1.71. The summed E-state index contributed by atoms with van der Waals surface area (Å²) in [6.45, 7) is 1.44. The molecule has 6 heteroatoms. The first-order valence-electron chi connectivity index (χ1n) is 4.54. The minimum atomic E-state index is 0.190. The molecule has 1 atom stereocenters. The molecule has 0 radical (unpaired) electrons. The lowest BCUT2D eigenvalue weighted by atomic mass is 10.1. The van der Waals surface area contributed by atoms with Crippen molar-refractivity contribution in [1.29, 1.82) is 0 Å². The second-order valence-corrected chi connectivity index (χ2v) is 3.67. The fraction of sp³-hybridized carbons (Fsp3) is 0.625. The molecule has 1 aliphatic heterocycles. The Morgan fingerprint density at radius 1 is 1.71 bits per heavy atom. The van der Waals surface area contributed by atoms with E-state index in [2.05, 4.69) is 10.2 Å². The summed E-state index contributed by atoms with van der Waals surface area (Å²) in [6, 6.07) is 0. The monoisotopic (exact) mass is 195 g/mol. The van der Waals surface area contributed by atoms with E-state index in [4.69, 9.17) is 5.73 Å². The molecule has 14 heavy (non-hydrogen) atoms. The number of carbonyl (C=O) groups excluding carboxylic acids is 1. The first-order valence-corrected chi connectivity index (χ1v) is 4.54. The quantitative estimate of drug-likeness (QED) is 0.679. The van der Waals surface area contributed by atoms with Crippen molar-refractivity contribution in [2.75, 3.05) is 19.3 Å². The van der Waals surface area contributed by atoms with Crippen LogP contribution in [0, 0.1) is 5.92 Å². The number of hydrogen-bond acceptors (Lipinski definition) is 4. The predicted octanol–water partition coefficient (Wildman–Crippen LogP) is -0.661. The molecular weight excluding hydrogens is 182 g/mol. The Labute approximate surface area is 81.7 Å². The number of likely N-dealkylation sites (tertiary alicyclic amines) is 1. The van der Waals surface area contributed by atoms with Gasteiger partial charge in [0.1, 0.15) is 0 Å². The molecule has 2 rings (SSSR count). The zero-order chi connectivity index (χ0) is 10.1. The topological polar surface area (TPSA) is 77.0 Å². The van der Waals surface area contributed by atoms with Gasteiger partial charge in [0.15, 0.2) is 5.82 Å². The van der Waals surface area contributed by atoms with Crippen LogP contribution in [0.3, 0.4) is 0 Å². The first kappa shape index (κ1) is 8.98. The normalized spacial score (nSPS) is 21.9. The van der Waals surface area contributed by atoms with Crippen molar-refractivity contribution < 1.29 is 4.79 Å². The molecule has 0 saturated carbocycles. The number of nitrogen functional groups attached to an aromatic ring is 1. The van der Waals surface area contributed by atoms with Crippen molar-refractivity contribution in [3.05, 3.63) is 6.20 Å². The van der Waals surface area contributed by atoms with E-state index in [1.165, 1.54) is 6.20 Å². The highest BCUT2D eigenvalue weighted by Gasteiger charge is 2.27. The third-order valence-corrected chi connectivity index (χ3v) is 2.40. The lowest BCUT2D eigenvalue weighted by Crippen LogP contribution is -2.20. The van der Waals surface area contributed by atoms with Crippen LogP contribution in [0.4, 0.5) is 5.82 Å². The summed E-state index contributed by atoms with van der Waals surface area (Å²) in [6.07, 6.45) is 2.10. The van der Waals surface area contributed by atoms with E-state index in [0.29, 0.717) is 24.7 Å². The molecule has 1 amide bonds. The molecule has 1 unspecified atom stereocenters. The van der Waals surface area contributed by atoms with E-state index < -0.39 is 0 Å². The Hall–Kier alpha value is -1.59. The van der Waals surface area contributed by atoms with Crippen LogP contribution in [0.1, 0.15) is 6.42 Å². The van der Waals surface area contributed by atoms with Gasteiger partial charge in [-0.05, 0) is 0 Å². The summed E-state index contributed by atoms with van der Waals surface area (Å²) < 4.78 is 0. The summed E-state index contributed by atoms with van der Waals surface area (Å²) in [5, 5.41) is 7.96. The SMILES string of the molecule is CN1CC(Cn2ncc(N)n2)CC1=O. The van der Waals surface area contributed by atoms with Crippen LogP contribution >= 0.6 is 0 Å². The summed E-state index contributed by atoms with van der Waals surface area (Å²) >= 11 is 0. The Bertz CT molecular complexity index is 347. The number of hydrogen-bond donors (Lipinski definition) is 1. The van der Waals surface area contributed by atoms with Crippen LogP contribution in [-0.2, 0) is 11.3 Å². The molecule has 0 aromatic carbocycles. The molecule has 1 saturated heterocycles. The molecule has 1 aromatic rings. The van der Waals surface area contributed by atoms with Gasteiger partial charge < -0.3 is 10.6 Å². The minimum Gasteiger partial charge on any atom is -0.381 e. The molecule has 0 aliphatic carbocycles. The summed E-state index contributed by atoms with van der Waals surface area (Å²) in [7, 11) is 1.81. The van der Waals surface area contributed by atoms with Gasteiger partial charge in [0.2, 0.25) is 5.91 Å². The van der Waals surface area contributed by atoms with E-state index in [9.17, 15) is 4.79 Å². The van der Waals surface area contributed by atoms with E-state index in [1.807, 2.05) is 7.05 Å². The van der Waals surface area contributed by atoms with Crippen LogP contribution in [0.25, 0.3) is 0 Å². The smallest absolute Gasteiger partial charge is 0.222 e. The molecule has 76 valence electrons. The highest BCUT2D eigenvalue weighted by molar-refractivity contribution is 5.78. The Balaban J connectivity index is 1.96. The Morgan fingerprint density at radius 3 is 3.00 bits per heavy atom. The number of carbonyl (C=O) groups is 1. The van der Waals surface area contributed by atoms with Crippen LogP contribution in [0.2, 0.25) is 0 Å². The van der Waals surface area contributed by atoms with Crippen LogP contribution < -0.4 is 5.73 Å². The van der Waals surface area contributed by atoms with E-state index in [0.717, 1.165) is 6.54 Å². The maximum atomic E-state index is 11.2. The van der Waals surface area contributed by atoms with Gasteiger partial charge in [-0.15, -0.1) is 5.10 Å². The third kappa shape index (κ3) is 1.68. The van der Waals surface area contributed by atoms with Gasteiger partial charge in [0.05, 0.1) is 12.7 Å². The standard InChI is InChI=1S/C8H13N5O/c1-12-4-6(2-8(12)14)5-13-10-3-7(9)11-13/h3,6H,2,4-5H2,1H3,(H2,9,11). The zero-order valence-corrected chi connectivity index (χ0v) is 8.05. The van der Waals surface area contributed by atoms with Crippen LogP contribution in [-0.4, -0.2) is 39.4 Å². The summed E-state index contributed by atoms with van der Waals surface area (Å²) in [5.74, 6) is 0.914. The molecule has 0 spiro atoms. The number of amides is 1. The van der Waals surface area contributed by atoms with Gasteiger partial charge in [-0.2, -0.15) is 9.90 Å². The molecule has 2 heterocycles. The summed E-state index contributed by atoms with van der Waals surface area (Å²) in [4.78, 5) is 14.5. The number of anilines is 1. The lowest BCUT2D eigenvalue weighted by molar-refractivity contribution is -0.126. The van der Waals surface area contributed by atoms with Crippen molar-refractivity contribution in [1.82, 2.24) is 19.9 Å². The van der Waals surface area contributed by atoms with Crippen molar-refractivity contribution in [2.45, 2.75) is 13.0 Å². The van der Waals surface area contributed by atoms with Gasteiger partial charge >= 0.3 is 0 Å². The van der Waals surface area contributed by atoms with E-state index in [-0.39, 0.29) is 5.91 Å². The van der Waals surface area contributed by atoms with Crippen molar-refractivity contribution in [2.24, 2.45) is 5.92 Å². The highest BCUT2D eigenvalue weighted by Crippen LogP contribution is 2.17. The molecular formula is C8H13N5O. The van der Waals surface area contributed by atoms with Crippen LogP contribution in [0.5, 0.6) is 0 Å². The number of nitrogens with zero attached hydrogens (tertiary/aromatic N) is 4. The van der Waals surface area contributed by atoms with Crippen molar-refractivity contribution in [3.8, 4) is 0 Å². The molecule has 1 fully saturated rings. The van der Waals surface area contributed by atoms with Gasteiger partial charge in [-0.1, -0.05) is 0 Å². The van der Waals surface area contributed by atoms with Crippen molar-refractivity contribution in [3.63, 3.8) is 0 Å². The first-order chi connectivity index (χ1) is 6.65. The number of aromatic nitrogens is 3. The molecule has 1 aliphatic rings. The van der Waals surface area contributed by atoms with Gasteiger partial charge in [-0.25, -0.2) is 0 Å². The molecule has 2 N–H and O–H groups in total. The summed E-state index contributed by atoms with van der Waals surface area (Å²) in [5.41, 5.74) is 5.44. The maximum absolute atomic E-state index is 11.2. The van der Waals surface area contributed by atoms with E-state index in [1.54, 1.807) is 9.70 Å². The number of nitrogens with two attached hydrogens (primary N) is 1. The largest absolute Gasteiger partial charge is 0.381 e. The molecule has 6 nitrogen and oxygen atoms in total. The van der Waals surface area contributed by atoms with Gasteiger partial charge in [0.25, 0.3) is 0 Å². The Kier molecular flexibility index (Phi) is 2.11. The van der Waals surface area contributed by atoms with Gasteiger partial charge in [-0.3, -0.25) is 4.79 Å². The third-order valence-electron chi connectivity index (χ3n) is 2.40. The molecule has 0 bridgehead atoms. The molecule has 1 aromatic heterocycles. The lowest BCUT2D eigenvalue weighted by Gasteiger charge is -2.08. The second-order valence-electron chi connectivity index (χ2n) is 3.67. The van der Waals surface area contributed by atoms with E-state index >= 15 is 0 Å².